The number of allylic oxidation sites excluding steroid dienone is 1. The highest BCUT2D eigenvalue weighted by Gasteiger charge is 2.33. The van der Waals surface area contributed by atoms with Gasteiger partial charge in [0.1, 0.15) is 24.7 Å². The minimum atomic E-state index is -0.454. The summed E-state index contributed by atoms with van der Waals surface area (Å²) >= 11 is 0. The fraction of sp³-hybridized carbons (Fsp3) is 0.148. The van der Waals surface area contributed by atoms with Crippen LogP contribution in [0, 0.1) is 6.92 Å². The monoisotopic (exact) mass is 451 g/mol. The molecule has 5 rings (SSSR count). The molecule has 1 aliphatic rings. The van der Waals surface area contributed by atoms with Crippen LogP contribution in [0.15, 0.2) is 96.5 Å². The van der Waals surface area contributed by atoms with Crippen molar-refractivity contribution in [3.63, 3.8) is 0 Å². The molecule has 2 N–H and O–H groups in total. The topological polar surface area (TPSA) is 81.1 Å². The van der Waals surface area contributed by atoms with Crippen molar-refractivity contribution in [2.75, 3.05) is 10.6 Å². The van der Waals surface area contributed by atoms with Gasteiger partial charge in [-0.25, -0.2) is 4.68 Å². The first kappa shape index (κ1) is 21.5. The van der Waals surface area contributed by atoms with E-state index in [1.807, 2.05) is 73.7 Å². The number of ether oxygens (including phenoxy) is 1. The van der Waals surface area contributed by atoms with Crippen molar-refractivity contribution < 1.29 is 9.53 Å². The lowest BCUT2D eigenvalue weighted by Gasteiger charge is -2.29. The van der Waals surface area contributed by atoms with E-state index in [1.54, 1.807) is 4.68 Å². The number of para-hydroxylation sites is 1. The molecule has 1 unspecified atom stereocenters. The third-order valence-corrected chi connectivity index (χ3v) is 5.90. The van der Waals surface area contributed by atoms with E-state index in [-0.39, 0.29) is 5.91 Å². The van der Waals surface area contributed by atoms with Crippen LogP contribution in [-0.2, 0) is 11.4 Å². The lowest BCUT2D eigenvalue weighted by molar-refractivity contribution is -0.113. The van der Waals surface area contributed by atoms with Crippen LogP contribution >= 0.6 is 0 Å². The van der Waals surface area contributed by atoms with Gasteiger partial charge < -0.3 is 15.4 Å². The minimum absolute atomic E-state index is 0.200. The fourth-order valence-corrected chi connectivity index (χ4v) is 4.12. The Hall–Kier alpha value is -4.39. The average Bonchev–Trinajstić information content (AvgIpc) is 3.31. The Labute approximate surface area is 198 Å². The molecule has 0 saturated carbocycles. The lowest BCUT2D eigenvalue weighted by Crippen LogP contribution is -2.31. The van der Waals surface area contributed by atoms with Gasteiger partial charge in [-0.15, -0.1) is 0 Å². The molecule has 170 valence electrons. The van der Waals surface area contributed by atoms with Gasteiger partial charge in [0, 0.05) is 11.4 Å². The van der Waals surface area contributed by atoms with E-state index in [2.05, 4.69) is 39.8 Å². The molecule has 0 radical (unpaired) electrons. The van der Waals surface area contributed by atoms with Crippen molar-refractivity contribution >= 4 is 17.5 Å². The van der Waals surface area contributed by atoms with Crippen molar-refractivity contribution in [3.8, 4) is 5.75 Å². The van der Waals surface area contributed by atoms with Crippen LogP contribution in [0.25, 0.3) is 0 Å². The van der Waals surface area contributed by atoms with Gasteiger partial charge in [0.05, 0.1) is 5.57 Å². The number of hydrogen-bond donors (Lipinski definition) is 2. The second kappa shape index (κ2) is 9.23. The van der Waals surface area contributed by atoms with Crippen LogP contribution in [-0.4, -0.2) is 20.7 Å². The highest BCUT2D eigenvalue weighted by atomic mass is 16.5. The van der Waals surface area contributed by atoms with E-state index in [9.17, 15) is 4.79 Å². The molecule has 3 aromatic carbocycles. The Morgan fingerprint density at radius 2 is 1.82 bits per heavy atom. The molecule has 0 bridgehead atoms. The summed E-state index contributed by atoms with van der Waals surface area (Å²) in [5.41, 5.74) is 5.22. The average molecular weight is 452 g/mol. The number of fused-ring (bicyclic) bond motifs is 1. The molecular formula is C27H25N5O2. The molecule has 4 aromatic rings. The Bertz CT molecular complexity index is 1360. The van der Waals surface area contributed by atoms with Crippen LogP contribution in [0.3, 0.4) is 0 Å². The van der Waals surface area contributed by atoms with Crippen molar-refractivity contribution in [2.45, 2.75) is 26.5 Å². The number of nitrogens with one attached hydrogen (secondary N) is 2. The summed E-state index contributed by atoms with van der Waals surface area (Å²) in [5.74, 6) is 1.11. The number of rotatable bonds is 6. The first-order valence-electron chi connectivity index (χ1n) is 11.1. The van der Waals surface area contributed by atoms with E-state index in [0.717, 1.165) is 28.3 Å². The standard InChI is InChI=1S/C27H25N5O2/c1-18-9-6-7-10-21(18)16-34-23-14-8-11-20(15-23)25-24(19(2)30-27-28-17-29-32(25)27)26(33)31-22-12-4-3-5-13-22/h3-15,17,25H,16H2,1-2H3,(H,31,33)(H,28,29,30). The van der Waals surface area contributed by atoms with E-state index < -0.39 is 6.04 Å². The second-order valence-electron chi connectivity index (χ2n) is 8.20. The maximum absolute atomic E-state index is 13.4. The first-order chi connectivity index (χ1) is 16.6. The number of hydrogen-bond acceptors (Lipinski definition) is 5. The molecule has 34 heavy (non-hydrogen) atoms. The van der Waals surface area contributed by atoms with E-state index in [1.165, 1.54) is 11.9 Å². The molecule has 0 aliphatic carbocycles. The SMILES string of the molecule is CC1=C(C(=O)Nc2ccccc2)C(c2cccc(OCc3ccccc3C)c2)n2ncnc2N1. The number of aryl methyl sites for hydroxylation is 1. The number of aromatic nitrogens is 3. The summed E-state index contributed by atoms with van der Waals surface area (Å²) in [5, 5.41) is 10.6. The molecule has 1 aliphatic heterocycles. The number of anilines is 2. The number of amides is 1. The summed E-state index contributed by atoms with van der Waals surface area (Å²) in [6, 6.07) is 24.9. The zero-order valence-electron chi connectivity index (χ0n) is 19.0. The molecule has 7 heteroatoms. The van der Waals surface area contributed by atoms with E-state index in [0.29, 0.717) is 18.1 Å². The second-order valence-corrected chi connectivity index (χ2v) is 8.20. The number of benzene rings is 3. The quantitative estimate of drug-likeness (QED) is 0.427. The molecule has 1 atom stereocenters. The zero-order valence-corrected chi connectivity index (χ0v) is 19.0. The number of nitrogens with zero attached hydrogens (tertiary/aromatic N) is 3. The highest BCUT2D eigenvalue weighted by Crippen LogP contribution is 2.36. The number of carbonyl (C=O) groups is 1. The molecule has 2 heterocycles. The largest absolute Gasteiger partial charge is 0.489 e. The van der Waals surface area contributed by atoms with Crippen LogP contribution in [0.2, 0.25) is 0 Å². The van der Waals surface area contributed by atoms with Crippen LogP contribution < -0.4 is 15.4 Å². The first-order valence-corrected chi connectivity index (χ1v) is 11.1. The smallest absolute Gasteiger partial charge is 0.255 e. The summed E-state index contributed by atoms with van der Waals surface area (Å²) in [6.45, 7) is 4.42. The third-order valence-electron chi connectivity index (χ3n) is 5.90. The Balaban J connectivity index is 1.47. The van der Waals surface area contributed by atoms with Crippen LogP contribution in [0.5, 0.6) is 5.75 Å². The Morgan fingerprint density at radius 3 is 2.65 bits per heavy atom. The molecular weight excluding hydrogens is 426 g/mol. The van der Waals surface area contributed by atoms with Gasteiger partial charge in [0.2, 0.25) is 5.95 Å². The maximum atomic E-state index is 13.4. The summed E-state index contributed by atoms with van der Waals surface area (Å²) in [7, 11) is 0. The van der Waals surface area contributed by atoms with Gasteiger partial charge in [-0.2, -0.15) is 10.1 Å². The Morgan fingerprint density at radius 1 is 1.03 bits per heavy atom. The number of carbonyl (C=O) groups excluding carboxylic acids is 1. The van der Waals surface area contributed by atoms with Gasteiger partial charge in [0.15, 0.2) is 0 Å². The van der Waals surface area contributed by atoms with Crippen molar-refractivity contribution in [3.05, 3.63) is 113 Å². The molecule has 7 nitrogen and oxygen atoms in total. The van der Waals surface area contributed by atoms with Crippen molar-refractivity contribution in [2.24, 2.45) is 0 Å². The van der Waals surface area contributed by atoms with Gasteiger partial charge in [-0.1, -0.05) is 54.6 Å². The minimum Gasteiger partial charge on any atom is -0.489 e. The third kappa shape index (κ3) is 4.28. The predicted molar refractivity (Wildman–Crippen MR) is 132 cm³/mol. The zero-order chi connectivity index (χ0) is 23.5. The fourth-order valence-electron chi connectivity index (χ4n) is 4.12. The molecule has 0 saturated heterocycles. The summed E-state index contributed by atoms with van der Waals surface area (Å²) in [6.07, 6.45) is 1.49. The molecule has 0 fully saturated rings. The van der Waals surface area contributed by atoms with Gasteiger partial charge in [-0.05, 0) is 54.8 Å². The van der Waals surface area contributed by atoms with Crippen LogP contribution in [0.4, 0.5) is 11.6 Å². The lowest BCUT2D eigenvalue weighted by atomic mass is 9.95. The normalized spacial score (nSPS) is 14.8. The van der Waals surface area contributed by atoms with Crippen molar-refractivity contribution in [1.29, 1.82) is 0 Å². The highest BCUT2D eigenvalue weighted by molar-refractivity contribution is 6.06. The van der Waals surface area contributed by atoms with Crippen molar-refractivity contribution in [1.82, 2.24) is 14.8 Å². The van der Waals surface area contributed by atoms with Gasteiger partial charge >= 0.3 is 0 Å². The summed E-state index contributed by atoms with van der Waals surface area (Å²) in [4.78, 5) is 17.7. The molecule has 0 spiro atoms. The predicted octanol–water partition coefficient (Wildman–Crippen LogP) is 5.09. The molecule has 1 aromatic heterocycles. The maximum Gasteiger partial charge on any atom is 0.255 e. The van der Waals surface area contributed by atoms with Gasteiger partial charge in [0.25, 0.3) is 5.91 Å². The van der Waals surface area contributed by atoms with Gasteiger partial charge in [-0.3, -0.25) is 4.79 Å². The Kier molecular flexibility index (Phi) is 5.82. The van der Waals surface area contributed by atoms with E-state index >= 15 is 0 Å². The van der Waals surface area contributed by atoms with E-state index in [4.69, 9.17) is 4.74 Å². The molecule has 1 amide bonds. The summed E-state index contributed by atoms with van der Waals surface area (Å²) < 4.78 is 7.84. The van der Waals surface area contributed by atoms with Crippen LogP contribution in [0.1, 0.15) is 29.7 Å².